The van der Waals surface area contributed by atoms with Gasteiger partial charge in [-0.1, -0.05) is 0 Å². The number of thiazole rings is 1. The lowest BCUT2D eigenvalue weighted by Crippen LogP contribution is -2.12. The second kappa shape index (κ2) is 5.18. The Kier molecular flexibility index (Phi) is 3.77. The maximum atomic E-state index is 12.8. The number of aromatic hydroxyl groups is 1. The van der Waals surface area contributed by atoms with Crippen molar-refractivity contribution in [2.45, 2.75) is 12.7 Å². The van der Waals surface area contributed by atoms with E-state index in [1.54, 1.807) is 7.05 Å². The Hall–Kier alpha value is -1.60. The summed E-state index contributed by atoms with van der Waals surface area (Å²) in [6.45, 7) is 0.116. The highest BCUT2D eigenvalue weighted by atomic mass is 32.1. The van der Waals surface area contributed by atoms with Crippen molar-refractivity contribution in [2.24, 2.45) is 0 Å². The molecule has 2 aromatic rings. The maximum Gasteiger partial charge on any atom is 0.434 e. The number of halogens is 3. The minimum Gasteiger partial charge on any atom is -0.508 e. The van der Waals surface area contributed by atoms with Crippen molar-refractivity contribution in [3.63, 3.8) is 0 Å². The Balaban J connectivity index is 2.45. The highest BCUT2D eigenvalue weighted by Crippen LogP contribution is 2.37. The van der Waals surface area contributed by atoms with Crippen LogP contribution in [0.1, 0.15) is 10.6 Å². The first-order valence-electron chi connectivity index (χ1n) is 5.42. The Morgan fingerprint density at radius 1 is 1.26 bits per heavy atom. The van der Waals surface area contributed by atoms with Crippen LogP contribution in [0.3, 0.4) is 0 Å². The van der Waals surface area contributed by atoms with E-state index in [9.17, 15) is 13.2 Å². The number of hydrogen-bond donors (Lipinski definition) is 2. The van der Waals surface area contributed by atoms with Crippen molar-refractivity contribution in [1.82, 2.24) is 10.3 Å². The van der Waals surface area contributed by atoms with Crippen LogP contribution in [0.25, 0.3) is 10.6 Å². The van der Waals surface area contributed by atoms with Crippen LogP contribution in [0.5, 0.6) is 5.75 Å². The van der Waals surface area contributed by atoms with Crippen molar-refractivity contribution in [1.29, 1.82) is 0 Å². The number of alkyl halides is 3. The Labute approximate surface area is 111 Å². The van der Waals surface area contributed by atoms with Crippen LogP contribution < -0.4 is 5.32 Å². The molecule has 7 heteroatoms. The third kappa shape index (κ3) is 3.05. The molecule has 2 N–H and O–H groups in total. The molecule has 1 aromatic heterocycles. The molecule has 0 spiro atoms. The maximum absolute atomic E-state index is 12.8. The summed E-state index contributed by atoms with van der Waals surface area (Å²) in [5.41, 5.74) is -0.300. The zero-order valence-corrected chi connectivity index (χ0v) is 10.8. The fourth-order valence-electron chi connectivity index (χ4n) is 1.58. The first kappa shape index (κ1) is 13.8. The number of phenolic OH excluding ortho intramolecular Hbond substituents is 1. The zero-order chi connectivity index (χ0) is 14.0. The standard InChI is InChI=1S/C12H11F3N2OS/c1-16-6-9-10(12(13,14)15)17-11(19-9)7-2-4-8(18)5-3-7/h2-5,16,18H,6H2,1H3. The van der Waals surface area contributed by atoms with Gasteiger partial charge in [-0.05, 0) is 31.3 Å². The average molecular weight is 288 g/mol. The molecule has 0 unspecified atom stereocenters. The summed E-state index contributed by atoms with van der Waals surface area (Å²) >= 11 is 0.995. The first-order valence-corrected chi connectivity index (χ1v) is 6.24. The van der Waals surface area contributed by atoms with Crippen LogP contribution in [0, 0.1) is 0 Å². The minimum atomic E-state index is -4.46. The highest BCUT2D eigenvalue weighted by molar-refractivity contribution is 7.15. The lowest BCUT2D eigenvalue weighted by Gasteiger charge is -2.04. The van der Waals surface area contributed by atoms with Gasteiger partial charge in [-0.3, -0.25) is 0 Å². The zero-order valence-electron chi connectivity index (χ0n) is 9.95. The molecule has 0 saturated heterocycles. The summed E-state index contributed by atoms with van der Waals surface area (Å²) in [4.78, 5) is 3.82. The fraction of sp³-hybridized carbons (Fsp3) is 0.250. The molecule has 0 aliphatic rings. The van der Waals surface area contributed by atoms with Gasteiger partial charge in [0.05, 0.1) is 4.88 Å². The van der Waals surface area contributed by atoms with Gasteiger partial charge in [0.2, 0.25) is 0 Å². The molecule has 0 fully saturated rings. The van der Waals surface area contributed by atoms with E-state index in [1.165, 1.54) is 24.3 Å². The van der Waals surface area contributed by atoms with E-state index < -0.39 is 11.9 Å². The van der Waals surface area contributed by atoms with E-state index in [0.29, 0.717) is 5.56 Å². The van der Waals surface area contributed by atoms with Crippen LogP contribution in [0.4, 0.5) is 13.2 Å². The molecule has 19 heavy (non-hydrogen) atoms. The van der Waals surface area contributed by atoms with E-state index in [4.69, 9.17) is 5.11 Å². The number of nitrogens with one attached hydrogen (secondary N) is 1. The predicted octanol–water partition coefficient (Wildman–Crippen LogP) is 3.25. The third-order valence-electron chi connectivity index (χ3n) is 2.42. The van der Waals surface area contributed by atoms with Crippen molar-refractivity contribution in [3.05, 3.63) is 34.8 Å². The van der Waals surface area contributed by atoms with Gasteiger partial charge in [-0.25, -0.2) is 4.98 Å². The Morgan fingerprint density at radius 2 is 1.89 bits per heavy atom. The van der Waals surface area contributed by atoms with Gasteiger partial charge in [0, 0.05) is 12.1 Å². The minimum absolute atomic E-state index is 0.0619. The topological polar surface area (TPSA) is 45.1 Å². The summed E-state index contributed by atoms with van der Waals surface area (Å²) in [6.07, 6.45) is -4.46. The smallest absolute Gasteiger partial charge is 0.434 e. The van der Waals surface area contributed by atoms with Crippen LogP contribution in [0.15, 0.2) is 24.3 Å². The number of phenols is 1. The van der Waals surface area contributed by atoms with Crippen molar-refractivity contribution >= 4 is 11.3 Å². The van der Waals surface area contributed by atoms with Gasteiger partial charge in [-0.15, -0.1) is 11.3 Å². The SMILES string of the molecule is CNCc1sc(-c2ccc(O)cc2)nc1C(F)(F)F. The second-order valence-electron chi connectivity index (χ2n) is 3.87. The van der Waals surface area contributed by atoms with Gasteiger partial charge in [0.15, 0.2) is 5.69 Å². The number of aromatic nitrogens is 1. The van der Waals surface area contributed by atoms with Gasteiger partial charge >= 0.3 is 6.18 Å². The summed E-state index contributed by atoms with van der Waals surface area (Å²) in [5.74, 6) is 0.0619. The molecule has 0 atom stereocenters. The lowest BCUT2D eigenvalue weighted by atomic mass is 10.2. The Morgan fingerprint density at radius 3 is 2.42 bits per heavy atom. The molecule has 1 heterocycles. The number of hydrogen-bond acceptors (Lipinski definition) is 4. The molecular weight excluding hydrogens is 277 g/mol. The molecule has 0 aliphatic heterocycles. The molecule has 0 aliphatic carbocycles. The predicted molar refractivity (Wildman–Crippen MR) is 67.0 cm³/mol. The van der Waals surface area contributed by atoms with Crippen LogP contribution >= 0.6 is 11.3 Å². The quantitative estimate of drug-likeness (QED) is 0.911. The van der Waals surface area contributed by atoms with Crippen molar-refractivity contribution in [3.8, 4) is 16.3 Å². The molecule has 0 amide bonds. The van der Waals surface area contributed by atoms with E-state index >= 15 is 0 Å². The van der Waals surface area contributed by atoms with Crippen molar-refractivity contribution < 1.29 is 18.3 Å². The number of nitrogens with zero attached hydrogens (tertiary/aromatic N) is 1. The molecule has 102 valence electrons. The largest absolute Gasteiger partial charge is 0.508 e. The van der Waals surface area contributed by atoms with Crippen LogP contribution in [-0.4, -0.2) is 17.1 Å². The van der Waals surface area contributed by atoms with E-state index in [2.05, 4.69) is 10.3 Å². The van der Waals surface area contributed by atoms with Crippen molar-refractivity contribution in [2.75, 3.05) is 7.05 Å². The van der Waals surface area contributed by atoms with E-state index in [0.717, 1.165) is 11.3 Å². The monoisotopic (exact) mass is 288 g/mol. The highest BCUT2D eigenvalue weighted by Gasteiger charge is 2.37. The Bertz CT molecular complexity index is 563. The van der Waals surface area contributed by atoms with Gasteiger partial charge in [0.25, 0.3) is 0 Å². The van der Waals surface area contributed by atoms with E-state index in [1.807, 2.05) is 0 Å². The van der Waals surface area contributed by atoms with Crippen LogP contribution in [0.2, 0.25) is 0 Å². The second-order valence-corrected chi connectivity index (χ2v) is 4.95. The average Bonchev–Trinajstić information content (AvgIpc) is 2.74. The molecular formula is C12H11F3N2OS. The summed E-state index contributed by atoms with van der Waals surface area (Å²) in [7, 11) is 1.58. The lowest BCUT2D eigenvalue weighted by molar-refractivity contribution is -0.141. The molecule has 0 bridgehead atoms. The molecule has 2 rings (SSSR count). The summed E-state index contributed by atoms with van der Waals surface area (Å²) in [5, 5.41) is 12.2. The summed E-state index contributed by atoms with van der Waals surface area (Å²) in [6, 6.07) is 5.92. The van der Waals surface area contributed by atoms with Crippen LogP contribution in [-0.2, 0) is 12.7 Å². The van der Waals surface area contributed by atoms with E-state index in [-0.39, 0.29) is 22.2 Å². The number of rotatable bonds is 3. The van der Waals surface area contributed by atoms with Gasteiger partial charge in [-0.2, -0.15) is 13.2 Å². The molecule has 0 radical (unpaired) electrons. The normalized spacial score (nSPS) is 11.8. The van der Waals surface area contributed by atoms with Gasteiger partial charge < -0.3 is 10.4 Å². The number of benzene rings is 1. The summed E-state index contributed by atoms with van der Waals surface area (Å²) < 4.78 is 38.5. The first-order chi connectivity index (χ1) is 8.91. The fourth-order valence-corrected chi connectivity index (χ4v) is 2.68. The molecule has 0 saturated carbocycles. The molecule has 3 nitrogen and oxygen atoms in total. The third-order valence-corrected chi connectivity index (χ3v) is 3.52. The molecule has 1 aromatic carbocycles. The van der Waals surface area contributed by atoms with Gasteiger partial charge in [0.1, 0.15) is 10.8 Å².